The molecule has 7 nitrogen and oxygen atoms in total. The normalized spacial score (nSPS) is 17.1. The second-order valence-corrected chi connectivity index (χ2v) is 10.1. The minimum atomic E-state index is -3.31. The summed E-state index contributed by atoms with van der Waals surface area (Å²) < 4.78 is 26.4. The number of carbonyl (C=O) groups is 2. The highest BCUT2D eigenvalue weighted by molar-refractivity contribution is 7.89. The van der Waals surface area contributed by atoms with Crippen LogP contribution in [0, 0.1) is 5.92 Å². The van der Waals surface area contributed by atoms with Gasteiger partial charge < -0.3 is 10.2 Å². The summed E-state index contributed by atoms with van der Waals surface area (Å²) >= 11 is 0. The van der Waals surface area contributed by atoms with Crippen LogP contribution in [0.15, 0.2) is 30.3 Å². The van der Waals surface area contributed by atoms with Gasteiger partial charge in [-0.3, -0.25) is 9.59 Å². The van der Waals surface area contributed by atoms with Crippen LogP contribution in [0.3, 0.4) is 0 Å². The van der Waals surface area contributed by atoms with Gasteiger partial charge in [0.15, 0.2) is 0 Å². The van der Waals surface area contributed by atoms with Crippen molar-refractivity contribution in [2.45, 2.75) is 51.8 Å². The highest BCUT2D eigenvalue weighted by Crippen LogP contribution is 2.25. The van der Waals surface area contributed by atoms with Gasteiger partial charge in [-0.15, -0.1) is 0 Å². The Morgan fingerprint density at radius 1 is 1.10 bits per heavy atom. The molecule has 2 amide bonds. The van der Waals surface area contributed by atoms with E-state index < -0.39 is 21.3 Å². The van der Waals surface area contributed by atoms with Crippen molar-refractivity contribution >= 4 is 21.8 Å². The van der Waals surface area contributed by atoms with Gasteiger partial charge in [-0.1, -0.05) is 18.2 Å². The van der Waals surface area contributed by atoms with Crippen molar-refractivity contribution < 1.29 is 18.0 Å². The number of nitrogens with one attached hydrogen (secondary N) is 1. The number of nitrogens with zero attached hydrogens (tertiary/aromatic N) is 2. The van der Waals surface area contributed by atoms with Crippen LogP contribution < -0.4 is 5.32 Å². The fourth-order valence-corrected chi connectivity index (χ4v) is 5.01. The van der Waals surface area contributed by atoms with Crippen molar-refractivity contribution in [3.8, 4) is 0 Å². The summed E-state index contributed by atoms with van der Waals surface area (Å²) in [7, 11) is -3.31. The third-order valence-corrected chi connectivity index (χ3v) is 7.87. The van der Waals surface area contributed by atoms with Gasteiger partial charge in [0.2, 0.25) is 15.9 Å². The Labute approximate surface area is 174 Å². The van der Waals surface area contributed by atoms with E-state index in [1.54, 1.807) is 43.0 Å². The van der Waals surface area contributed by atoms with E-state index in [1.807, 2.05) is 19.9 Å². The molecular formula is C21H33N3O4S. The maximum atomic E-state index is 13.1. The lowest BCUT2D eigenvalue weighted by Gasteiger charge is -2.37. The van der Waals surface area contributed by atoms with Gasteiger partial charge in [-0.25, -0.2) is 12.7 Å². The van der Waals surface area contributed by atoms with Gasteiger partial charge >= 0.3 is 0 Å². The lowest BCUT2D eigenvalue weighted by molar-refractivity contribution is -0.134. The van der Waals surface area contributed by atoms with Crippen molar-refractivity contribution in [3.05, 3.63) is 35.9 Å². The predicted molar refractivity (Wildman–Crippen MR) is 114 cm³/mol. The molecule has 0 spiro atoms. The SMILES string of the molecule is CCN(CC)C(=O)C(NC(=O)c1ccccc1)C1CCN(S(=O)(=O)C(C)C)CC1. The van der Waals surface area contributed by atoms with Gasteiger partial charge in [0.1, 0.15) is 6.04 Å². The molecule has 0 aliphatic carbocycles. The van der Waals surface area contributed by atoms with Crippen LogP contribution in [-0.2, 0) is 14.8 Å². The van der Waals surface area contributed by atoms with E-state index in [4.69, 9.17) is 0 Å². The molecule has 1 saturated heterocycles. The average Bonchev–Trinajstić information content (AvgIpc) is 2.73. The molecule has 1 aliphatic heterocycles. The number of hydrogen-bond acceptors (Lipinski definition) is 4. The maximum absolute atomic E-state index is 13.1. The number of rotatable bonds is 8. The summed E-state index contributed by atoms with van der Waals surface area (Å²) in [5, 5.41) is 2.46. The van der Waals surface area contributed by atoms with Gasteiger partial charge in [0.05, 0.1) is 5.25 Å². The maximum Gasteiger partial charge on any atom is 0.251 e. The molecule has 0 bridgehead atoms. The second-order valence-electron chi connectivity index (χ2n) is 7.66. The van der Waals surface area contributed by atoms with Gasteiger partial charge in [-0.05, 0) is 58.6 Å². The van der Waals surface area contributed by atoms with Crippen molar-refractivity contribution in [2.24, 2.45) is 5.92 Å². The fraction of sp³-hybridized carbons (Fsp3) is 0.619. The molecule has 0 aromatic heterocycles. The molecule has 1 heterocycles. The average molecular weight is 424 g/mol. The molecule has 1 atom stereocenters. The first-order chi connectivity index (χ1) is 13.7. The topological polar surface area (TPSA) is 86.8 Å². The van der Waals surface area contributed by atoms with Crippen molar-refractivity contribution in [1.29, 1.82) is 0 Å². The molecule has 29 heavy (non-hydrogen) atoms. The molecule has 1 aromatic rings. The van der Waals surface area contributed by atoms with E-state index in [-0.39, 0.29) is 17.7 Å². The third kappa shape index (κ3) is 5.57. The molecule has 1 unspecified atom stereocenters. The zero-order chi connectivity index (χ0) is 21.6. The highest BCUT2D eigenvalue weighted by atomic mass is 32.2. The first-order valence-corrected chi connectivity index (χ1v) is 11.9. The zero-order valence-corrected chi connectivity index (χ0v) is 18.6. The molecule has 1 fully saturated rings. The molecule has 2 rings (SSSR count). The van der Waals surface area contributed by atoms with Crippen molar-refractivity contribution in [2.75, 3.05) is 26.2 Å². The second kappa shape index (κ2) is 10.2. The van der Waals surface area contributed by atoms with Crippen molar-refractivity contribution in [1.82, 2.24) is 14.5 Å². The smallest absolute Gasteiger partial charge is 0.251 e. The van der Waals surface area contributed by atoms with Crippen LogP contribution in [0.4, 0.5) is 0 Å². The Hall–Kier alpha value is -1.93. The molecule has 0 radical (unpaired) electrons. The van der Waals surface area contributed by atoms with Crippen LogP contribution in [0.5, 0.6) is 0 Å². The Morgan fingerprint density at radius 3 is 2.14 bits per heavy atom. The van der Waals surface area contributed by atoms with Crippen LogP contribution in [0.2, 0.25) is 0 Å². The number of hydrogen-bond donors (Lipinski definition) is 1. The van der Waals surface area contributed by atoms with Crippen LogP contribution in [0.1, 0.15) is 50.9 Å². The van der Waals surface area contributed by atoms with Gasteiger partial charge in [0, 0.05) is 31.7 Å². The Balaban J connectivity index is 2.18. The molecule has 1 N–H and O–H groups in total. The van der Waals surface area contributed by atoms with E-state index in [0.29, 0.717) is 44.6 Å². The molecule has 162 valence electrons. The first-order valence-electron chi connectivity index (χ1n) is 10.4. The highest BCUT2D eigenvalue weighted by Gasteiger charge is 2.37. The number of amides is 2. The van der Waals surface area contributed by atoms with E-state index in [9.17, 15) is 18.0 Å². The van der Waals surface area contributed by atoms with Crippen molar-refractivity contribution in [3.63, 3.8) is 0 Å². The van der Waals surface area contributed by atoms with Gasteiger partial charge in [-0.2, -0.15) is 0 Å². The standard InChI is InChI=1S/C21H33N3O4S/c1-5-23(6-2)21(26)19(22-20(25)18-10-8-7-9-11-18)17-12-14-24(15-13-17)29(27,28)16(3)4/h7-11,16-17,19H,5-6,12-15H2,1-4H3,(H,22,25). The Kier molecular flexibility index (Phi) is 8.22. The summed E-state index contributed by atoms with van der Waals surface area (Å²) in [5.74, 6) is -0.493. The molecular weight excluding hydrogens is 390 g/mol. The van der Waals surface area contributed by atoms with E-state index in [2.05, 4.69) is 5.32 Å². The molecule has 0 saturated carbocycles. The number of piperidine rings is 1. The zero-order valence-electron chi connectivity index (χ0n) is 17.8. The Bertz CT molecular complexity index is 783. The largest absolute Gasteiger partial charge is 0.341 e. The quantitative estimate of drug-likeness (QED) is 0.694. The lowest BCUT2D eigenvalue weighted by atomic mass is 9.89. The number of carbonyl (C=O) groups excluding carboxylic acids is 2. The minimum Gasteiger partial charge on any atom is -0.341 e. The van der Waals surface area contributed by atoms with Gasteiger partial charge in [0.25, 0.3) is 5.91 Å². The predicted octanol–water partition coefficient (Wildman–Crippen LogP) is 2.10. The molecule has 1 aliphatic rings. The van der Waals surface area contributed by atoms with Crippen LogP contribution >= 0.6 is 0 Å². The van der Waals surface area contributed by atoms with Crippen LogP contribution in [0.25, 0.3) is 0 Å². The summed E-state index contributed by atoms with van der Waals surface area (Å²) in [6.07, 6.45) is 1.08. The van der Waals surface area contributed by atoms with E-state index in [1.165, 1.54) is 4.31 Å². The summed E-state index contributed by atoms with van der Waals surface area (Å²) in [6.45, 7) is 9.04. The van der Waals surface area contributed by atoms with E-state index in [0.717, 1.165) is 0 Å². The van der Waals surface area contributed by atoms with Crippen LogP contribution in [-0.4, -0.2) is 66.9 Å². The molecule has 8 heteroatoms. The molecule has 1 aromatic carbocycles. The minimum absolute atomic E-state index is 0.102. The summed E-state index contributed by atoms with van der Waals surface area (Å²) in [5.41, 5.74) is 0.504. The first kappa shape index (κ1) is 23.3. The fourth-order valence-electron chi connectivity index (χ4n) is 3.69. The summed E-state index contributed by atoms with van der Waals surface area (Å²) in [6, 6.07) is 8.17. The number of benzene rings is 1. The van der Waals surface area contributed by atoms with E-state index >= 15 is 0 Å². The third-order valence-electron chi connectivity index (χ3n) is 5.59. The Morgan fingerprint density at radius 2 is 1.66 bits per heavy atom. The number of sulfonamides is 1. The summed E-state index contributed by atoms with van der Waals surface area (Å²) in [4.78, 5) is 27.6. The number of likely N-dealkylation sites (N-methyl/N-ethyl adjacent to an activating group) is 1. The monoisotopic (exact) mass is 423 g/mol. The lowest BCUT2D eigenvalue weighted by Crippen LogP contribution is -2.55.